The van der Waals surface area contributed by atoms with Crippen LogP contribution in [0.2, 0.25) is 0 Å². The van der Waals surface area contributed by atoms with Crippen molar-refractivity contribution in [3.05, 3.63) is 12.2 Å². The number of cyclic esters (lactones) is 1. The van der Waals surface area contributed by atoms with Crippen molar-refractivity contribution in [3.8, 4) is 0 Å². The molecule has 98 valence electrons. The van der Waals surface area contributed by atoms with Gasteiger partial charge in [0.2, 0.25) is 0 Å². The average Bonchev–Trinajstić information content (AvgIpc) is 2.33. The molecule has 1 unspecified atom stereocenters. The van der Waals surface area contributed by atoms with Crippen LogP contribution in [0.3, 0.4) is 0 Å². The second-order valence-electron chi connectivity index (χ2n) is 4.71. The minimum absolute atomic E-state index is 0.334. The minimum atomic E-state index is -0.507. The van der Waals surface area contributed by atoms with E-state index in [2.05, 4.69) is 0 Å². The lowest BCUT2D eigenvalue weighted by Crippen LogP contribution is -2.06. The first-order valence-electron chi connectivity index (χ1n) is 6.82. The van der Waals surface area contributed by atoms with Crippen LogP contribution < -0.4 is 0 Å². The summed E-state index contributed by atoms with van der Waals surface area (Å²) in [7, 11) is 0. The van der Waals surface area contributed by atoms with Crippen molar-refractivity contribution in [3.63, 3.8) is 0 Å². The molecule has 0 fully saturated rings. The fraction of sp³-hybridized carbons (Fsp3) is 0.786. The number of carbonyl (C=O) groups excluding carboxylic acids is 1. The smallest absolute Gasteiger partial charge is 0.330 e. The predicted molar refractivity (Wildman–Crippen MR) is 67.7 cm³/mol. The van der Waals surface area contributed by atoms with Crippen LogP contribution in [-0.4, -0.2) is 23.8 Å². The monoisotopic (exact) mass is 240 g/mol. The molecule has 1 atom stereocenters. The normalized spacial score (nSPS) is 27.6. The number of carbonyl (C=O) groups is 1. The van der Waals surface area contributed by atoms with E-state index in [4.69, 9.17) is 4.74 Å². The van der Waals surface area contributed by atoms with Crippen LogP contribution in [-0.2, 0) is 9.53 Å². The van der Waals surface area contributed by atoms with E-state index in [9.17, 15) is 9.90 Å². The highest BCUT2D eigenvalue weighted by Crippen LogP contribution is 2.11. The van der Waals surface area contributed by atoms with Crippen LogP contribution in [0.4, 0.5) is 0 Å². The van der Waals surface area contributed by atoms with Crippen molar-refractivity contribution in [1.82, 2.24) is 0 Å². The van der Waals surface area contributed by atoms with Crippen molar-refractivity contribution >= 4 is 5.97 Å². The lowest BCUT2D eigenvalue weighted by Gasteiger charge is -2.04. The van der Waals surface area contributed by atoms with Gasteiger partial charge in [-0.1, -0.05) is 44.9 Å². The van der Waals surface area contributed by atoms with Gasteiger partial charge in [0.25, 0.3) is 0 Å². The Bertz CT molecular complexity index is 236. The highest BCUT2D eigenvalue weighted by molar-refractivity contribution is 5.81. The summed E-state index contributed by atoms with van der Waals surface area (Å²) in [4.78, 5) is 11.2. The van der Waals surface area contributed by atoms with Gasteiger partial charge in [0.1, 0.15) is 0 Å². The molecule has 3 heteroatoms. The van der Waals surface area contributed by atoms with E-state index in [1.54, 1.807) is 6.08 Å². The molecule has 0 aromatic rings. The third-order valence-electron chi connectivity index (χ3n) is 3.09. The van der Waals surface area contributed by atoms with E-state index < -0.39 is 6.10 Å². The number of ether oxygens (including phenoxy) is 1. The topological polar surface area (TPSA) is 46.5 Å². The lowest BCUT2D eigenvalue weighted by atomic mass is 10.1. The number of aliphatic hydroxyl groups is 1. The maximum atomic E-state index is 11.2. The van der Waals surface area contributed by atoms with Crippen molar-refractivity contribution in [2.75, 3.05) is 6.61 Å². The molecule has 1 heterocycles. The summed E-state index contributed by atoms with van der Waals surface area (Å²) in [5.74, 6) is -0.334. The van der Waals surface area contributed by atoms with Crippen LogP contribution in [0, 0.1) is 0 Å². The molecule has 0 spiro atoms. The van der Waals surface area contributed by atoms with Gasteiger partial charge in [-0.2, -0.15) is 0 Å². The van der Waals surface area contributed by atoms with Crippen LogP contribution in [0.5, 0.6) is 0 Å². The number of aliphatic hydroxyl groups excluding tert-OH is 1. The van der Waals surface area contributed by atoms with Gasteiger partial charge >= 0.3 is 5.97 Å². The van der Waals surface area contributed by atoms with Gasteiger partial charge in [-0.25, -0.2) is 4.79 Å². The maximum Gasteiger partial charge on any atom is 0.330 e. The Labute approximate surface area is 104 Å². The molecular weight excluding hydrogens is 216 g/mol. The van der Waals surface area contributed by atoms with Gasteiger partial charge in [-0.3, -0.25) is 0 Å². The van der Waals surface area contributed by atoms with Gasteiger partial charge in [-0.15, -0.1) is 0 Å². The standard InChI is InChI=1S/C14H24O3/c15-13-9-7-5-3-1-2-4-6-8-12-17-14(16)11-10-13/h10-11,13,15H,1-9,12H2/b11-10+. The minimum Gasteiger partial charge on any atom is -0.463 e. The Morgan fingerprint density at radius 2 is 1.59 bits per heavy atom. The Balaban J connectivity index is 2.32. The highest BCUT2D eigenvalue weighted by atomic mass is 16.5. The van der Waals surface area contributed by atoms with Crippen molar-refractivity contribution in [2.24, 2.45) is 0 Å². The SMILES string of the molecule is O=C1/C=C/C(O)CCCCCCCCCCO1. The van der Waals surface area contributed by atoms with Crippen LogP contribution in [0.1, 0.15) is 57.8 Å². The quantitative estimate of drug-likeness (QED) is 0.662. The molecule has 0 bridgehead atoms. The van der Waals surface area contributed by atoms with E-state index in [0.717, 1.165) is 25.7 Å². The lowest BCUT2D eigenvalue weighted by molar-refractivity contribution is -0.137. The molecule has 3 nitrogen and oxygen atoms in total. The molecule has 0 aliphatic carbocycles. The highest BCUT2D eigenvalue weighted by Gasteiger charge is 2.03. The summed E-state index contributed by atoms with van der Waals surface area (Å²) < 4.78 is 5.03. The summed E-state index contributed by atoms with van der Waals surface area (Å²) in [6.45, 7) is 0.499. The molecule has 0 amide bonds. The molecular formula is C14H24O3. The van der Waals surface area contributed by atoms with E-state index in [0.29, 0.717) is 6.61 Å². The van der Waals surface area contributed by atoms with E-state index in [-0.39, 0.29) is 5.97 Å². The summed E-state index contributed by atoms with van der Waals surface area (Å²) in [5.41, 5.74) is 0. The van der Waals surface area contributed by atoms with Gasteiger partial charge in [0.15, 0.2) is 0 Å². The largest absolute Gasteiger partial charge is 0.463 e. The van der Waals surface area contributed by atoms with Gasteiger partial charge < -0.3 is 9.84 Å². The van der Waals surface area contributed by atoms with Crippen molar-refractivity contribution < 1.29 is 14.6 Å². The first-order chi connectivity index (χ1) is 8.29. The molecule has 0 saturated heterocycles. The summed E-state index contributed by atoms with van der Waals surface area (Å²) in [6, 6.07) is 0. The number of rotatable bonds is 0. The Kier molecular flexibility index (Phi) is 7.72. The maximum absolute atomic E-state index is 11.2. The van der Waals surface area contributed by atoms with Gasteiger partial charge in [0, 0.05) is 6.08 Å². The van der Waals surface area contributed by atoms with Crippen LogP contribution in [0.15, 0.2) is 12.2 Å². The summed E-state index contributed by atoms with van der Waals surface area (Å²) >= 11 is 0. The Morgan fingerprint density at radius 1 is 1.00 bits per heavy atom. The zero-order chi connectivity index (χ0) is 12.3. The zero-order valence-electron chi connectivity index (χ0n) is 10.6. The Morgan fingerprint density at radius 3 is 2.29 bits per heavy atom. The van der Waals surface area contributed by atoms with E-state index in [1.165, 1.54) is 38.2 Å². The molecule has 1 N–H and O–H groups in total. The average molecular weight is 240 g/mol. The zero-order valence-corrected chi connectivity index (χ0v) is 10.6. The van der Waals surface area contributed by atoms with E-state index in [1.807, 2.05) is 0 Å². The second kappa shape index (κ2) is 9.23. The third kappa shape index (κ3) is 7.97. The Hall–Kier alpha value is -0.830. The first-order valence-corrected chi connectivity index (χ1v) is 6.82. The molecule has 17 heavy (non-hydrogen) atoms. The first kappa shape index (κ1) is 14.2. The third-order valence-corrected chi connectivity index (χ3v) is 3.09. The van der Waals surface area contributed by atoms with Crippen molar-refractivity contribution in [1.29, 1.82) is 0 Å². The fourth-order valence-electron chi connectivity index (χ4n) is 2.02. The molecule has 1 rings (SSSR count). The number of hydrogen-bond donors (Lipinski definition) is 1. The second-order valence-corrected chi connectivity index (χ2v) is 4.71. The molecule has 0 aromatic carbocycles. The molecule has 0 aromatic heterocycles. The number of esters is 1. The van der Waals surface area contributed by atoms with E-state index >= 15 is 0 Å². The molecule has 0 radical (unpaired) electrons. The predicted octanol–water partition coefficient (Wildman–Crippen LogP) is 2.97. The van der Waals surface area contributed by atoms with Crippen LogP contribution >= 0.6 is 0 Å². The summed E-state index contributed by atoms with van der Waals surface area (Å²) in [6.07, 6.45) is 12.5. The number of hydrogen-bond acceptors (Lipinski definition) is 3. The fourth-order valence-corrected chi connectivity index (χ4v) is 2.02. The van der Waals surface area contributed by atoms with Crippen molar-refractivity contribution in [2.45, 2.75) is 63.9 Å². The van der Waals surface area contributed by atoms with Crippen LogP contribution in [0.25, 0.3) is 0 Å². The van der Waals surface area contributed by atoms with Gasteiger partial charge in [0.05, 0.1) is 12.7 Å². The van der Waals surface area contributed by atoms with Gasteiger partial charge in [-0.05, 0) is 18.9 Å². The molecule has 0 saturated carbocycles. The molecule has 1 aliphatic heterocycles. The summed E-state index contributed by atoms with van der Waals surface area (Å²) in [5, 5.41) is 9.60. The molecule has 1 aliphatic rings.